The summed E-state index contributed by atoms with van der Waals surface area (Å²) in [4.78, 5) is 7.53. The number of aromatic hydroxyl groups is 1. The van der Waals surface area contributed by atoms with Crippen LogP contribution in [0.5, 0.6) is 5.75 Å². The van der Waals surface area contributed by atoms with E-state index in [0.29, 0.717) is 22.4 Å². The van der Waals surface area contributed by atoms with Crippen molar-refractivity contribution in [3.05, 3.63) is 40.9 Å². The summed E-state index contributed by atoms with van der Waals surface area (Å²) in [5.41, 5.74) is 1.49. The second kappa shape index (κ2) is 4.85. The smallest absolute Gasteiger partial charge is 0.177 e. The van der Waals surface area contributed by atoms with E-state index in [1.807, 2.05) is 0 Å². The highest BCUT2D eigenvalue weighted by atomic mass is 79.9. The Balaban J connectivity index is 2.27. The van der Waals surface area contributed by atoms with Gasteiger partial charge in [-0.1, -0.05) is 22.0 Å². The maximum atomic E-state index is 11.8. The van der Waals surface area contributed by atoms with Crippen molar-refractivity contribution in [3.63, 3.8) is 0 Å². The van der Waals surface area contributed by atoms with Crippen molar-refractivity contribution in [2.45, 2.75) is 4.90 Å². The minimum atomic E-state index is -3.37. The lowest BCUT2D eigenvalue weighted by Crippen LogP contribution is -1.97. The lowest BCUT2D eigenvalue weighted by atomic mass is 10.2. The van der Waals surface area contributed by atoms with Crippen molar-refractivity contribution in [3.8, 4) is 17.1 Å². The van der Waals surface area contributed by atoms with Gasteiger partial charge < -0.3 is 10.1 Å². The molecule has 0 saturated carbocycles. The van der Waals surface area contributed by atoms with Crippen LogP contribution in [0.2, 0.25) is 0 Å². The fourth-order valence-corrected chi connectivity index (χ4v) is 3.32. The molecular weight excluding hydrogens is 356 g/mol. The van der Waals surface area contributed by atoms with Crippen LogP contribution >= 0.6 is 15.9 Å². The molecule has 0 bridgehead atoms. The molecule has 0 amide bonds. The van der Waals surface area contributed by atoms with E-state index < -0.39 is 9.84 Å². The molecule has 2 N–H and O–H groups in total. The van der Waals surface area contributed by atoms with Gasteiger partial charge in [-0.05, 0) is 30.3 Å². The average Bonchev–Trinajstić information content (AvgIpc) is 2.80. The molecule has 3 aromatic rings. The number of benzene rings is 2. The molecule has 1 aromatic heterocycles. The molecule has 0 spiro atoms. The van der Waals surface area contributed by atoms with Crippen LogP contribution in [0.25, 0.3) is 22.4 Å². The molecule has 21 heavy (non-hydrogen) atoms. The summed E-state index contributed by atoms with van der Waals surface area (Å²) in [5, 5.41) is 9.99. The van der Waals surface area contributed by atoms with Gasteiger partial charge in [0.2, 0.25) is 0 Å². The third-order valence-electron chi connectivity index (χ3n) is 3.09. The van der Waals surface area contributed by atoms with Gasteiger partial charge in [0.05, 0.1) is 16.0 Å². The van der Waals surface area contributed by atoms with Crippen LogP contribution in [0.15, 0.2) is 45.8 Å². The highest BCUT2D eigenvalue weighted by molar-refractivity contribution is 9.10. The highest BCUT2D eigenvalue weighted by Gasteiger charge is 2.16. The molecule has 1 heterocycles. The van der Waals surface area contributed by atoms with Gasteiger partial charge in [-0.25, -0.2) is 13.4 Å². The quantitative estimate of drug-likeness (QED) is 0.729. The molecule has 2 aromatic carbocycles. The number of hydrogen-bond donors (Lipinski definition) is 2. The molecule has 0 fully saturated rings. The number of sulfone groups is 1. The first-order valence-electron chi connectivity index (χ1n) is 6.04. The summed E-state index contributed by atoms with van der Waals surface area (Å²) >= 11 is 3.27. The predicted molar refractivity (Wildman–Crippen MR) is 84.0 cm³/mol. The number of phenols is 1. The molecule has 108 valence electrons. The zero-order valence-corrected chi connectivity index (χ0v) is 13.4. The maximum absolute atomic E-state index is 11.8. The van der Waals surface area contributed by atoms with E-state index in [9.17, 15) is 13.5 Å². The van der Waals surface area contributed by atoms with E-state index in [1.54, 1.807) is 30.3 Å². The number of aromatic amines is 1. The predicted octanol–water partition coefficient (Wildman–Crippen LogP) is 3.10. The third kappa shape index (κ3) is 2.54. The van der Waals surface area contributed by atoms with Gasteiger partial charge in [0.15, 0.2) is 9.84 Å². The minimum Gasteiger partial charge on any atom is -0.507 e. The van der Waals surface area contributed by atoms with Gasteiger partial charge in [0.25, 0.3) is 0 Å². The first-order chi connectivity index (χ1) is 9.86. The second-order valence-electron chi connectivity index (χ2n) is 4.67. The Kier molecular flexibility index (Phi) is 3.26. The molecule has 0 aliphatic carbocycles. The largest absolute Gasteiger partial charge is 0.507 e. The number of imidazole rings is 1. The van der Waals surface area contributed by atoms with Gasteiger partial charge in [0, 0.05) is 10.7 Å². The van der Waals surface area contributed by atoms with Crippen LogP contribution in [0.1, 0.15) is 0 Å². The number of fused-ring (bicyclic) bond motifs is 1. The van der Waals surface area contributed by atoms with Crippen LogP contribution in [-0.2, 0) is 9.84 Å². The van der Waals surface area contributed by atoms with Gasteiger partial charge >= 0.3 is 0 Å². The summed E-state index contributed by atoms with van der Waals surface area (Å²) in [7, 11) is -3.37. The Hall–Kier alpha value is -1.86. The average molecular weight is 367 g/mol. The van der Waals surface area contributed by atoms with Crippen molar-refractivity contribution < 1.29 is 13.5 Å². The Labute approximate surface area is 129 Å². The Bertz CT molecular complexity index is 948. The van der Waals surface area contributed by atoms with Gasteiger partial charge in [-0.15, -0.1) is 0 Å². The zero-order valence-electron chi connectivity index (χ0n) is 11.0. The standard InChI is InChI=1S/C14H11BrN2O3S/c1-21(19,20)12-4-2-3-10-13(12)17-14(16-10)9-6-5-8(15)7-11(9)18/h2-7,18H,1H3,(H,16,17). The zero-order chi connectivity index (χ0) is 15.2. The molecule has 3 rings (SSSR count). The molecule has 0 radical (unpaired) electrons. The number of halogens is 1. The first kappa shape index (κ1) is 14.1. The van der Waals surface area contributed by atoms with Gasteiger partial charge in [-0.2, -0.15) is 0 Å². The maximum Gasteiger partial charge on any atom is 0.177 e. The summed E-state index contributed by atoms with van der Waals surface area (Å²) in [6.07, 6.45) is 1.15. The van der Waals surface area contributed by atoms with Crippen molar-refractivity contribution in [1.29, 1.82) is 0 Å². The number of hydrogen-bond acceptors (Lipinski definition) is 4. The first-order valence-corrected chi connectivity index (χ1v) is 8.72. The van der Waals surface area contributed by atoms with Crippen LogP contribution in [0.4, 0.5) is 0 Å². The van der Waals surface area contributed by atoms with Crippen LogP contribution in [-0.4, -0.2) is 29.7 Å². The van der Waals surface area contributed by atoms with Gasteiger partial charge in [0.1, 0.15) is 17.1 Å². The van der Waals surface area contributed by atoms with E-state index in [0.717, 1.165) is 10.7 Å². The van der Waals surface area contributed by atoms with Crippen LogP contribution < -0.4 is 0 Å². The number of nitrogens with zero attached hydrogens (tertiary/aromatic N) is 1. The van der Waals surface area contributed by atoms with Crippen LogP contribution in [0, 0.1) is 0 Å². The summed E-state index contributed by atoms with van der Waals surface area (Å²) in [6, 6.07) is 9.96. The highest BCUT2D eigenvalue weighted by Crippen LogP contribution is 2.32. The number of para-hydroxylation sites is 1. The topological polar surface area (TPSA) is 83.0 Å². The summed E-state index contributed by atoms with van der Waals surface area (Å²) in [6.45, 7) is 0. The SMILES string of the molecule is CS(=O)(=O)c1cccc2[nH]c(-c3ccc(Br)cc3O)nc12. The van der Waals surface area contributed by atoms with Gasteiger partial charge in [-0.3, -0.25) is 0 Å². The fraction of sp³-hybridized carbons (Fsp3) is 0.0714. The summed E-state index contributed by atoms with van der Waals surface area (Å²) < 4.78 is 24.3. The van der Waals surface area contributed by atoms with E-state index in [-0.39, 0.29) is 10.6 Å². The molecule has 0 aliphatic heterocycles. The Morgan fingerprint density at radius 1 is 1.24 bits per heavy atom. The van der Waals surface area contributed by atoms with E-state index in [2.05, 4.69) is 25.9 Å². The molecule has 0 unspecified atom stereocenters. The van der Waals surface area contributed by atoms with Crippen LogP contribution in [0.3, 0.4) is 0 Å². The van der Waals surface area contributed by atoms with E-state index >= 15 is 0 Å². The number of rotatable bonds is 2. The molecule has 5 nitrogen and oxygen atoms in total. The number of phenolic OH excluding ortho intramolecular Hbond substituents is 1. The summed E-state index contributed by atoms with van der Waals surface area (Å²) in [5.74, 6) is 0.482. The Morgan fingerprint density at radius 3 is 2.67 bits per heavy atom. The van der Waals surface area contributed by atoms with E-state index in [1.165, 1.54) is 6.07 Å². The number of nitrogens with one attached hydrogen (secondary N) is 1. The lowest BCUT2D eigenvalue weighted by molar-refractivity contribution is 0.476. The molecule has 7 heteroatoms. The van der Waals surface area contributed by atoms with Crippen molar-refractivity contribution in [1.82, 2.24) is 9.97 Å². The van der Waals surface area contributed by atoms with Crippen molar-refractivity contribution in [2.24, 2.45) is 0 Å². The molecule has 0 saturated heterocycles. The van der Waals surface area contributed by atoms with Crippen molar-refractivity contribution in [2.75, 3.05) is 6.26 Å². The Morgan fingerprint density at radius 2 is 2.00 bits per heavy atom. The molecular formula is C14H11BrN2O3S. The van der Waals surface area contributed by atoms with Crippen molar-refractivity contribution >= 4 is 36.8 Å². The molecule has 0 atom stereocenters. The number of aromatic nitrogens is 2. The monoisotopic (exact) mass is 366 g/mol. The third-order valence-corrected chi connectivity index (χ3v) is 4.71. The molecule has 0 aliphatic rings. The fourth-order valence-electron chi connectivity index (χ4n) is 2.14. The minimum absolute atomic E-state index is 0.0596. The normalized spacial score (nSPS) is 11.9. The van der Waals surface area contributed by atoms with E-state index in [4.69, 9.17) is 0 Å². The second-order valence-corrected chi connectivity index (χ2v) is 7.57. The number of H-pyrrole nitrogens is 1. The lowest BCUT2D eigenvalue weighted by Gasteiger charge is -2.01.